The number of hydrogen-bond donors (Lipinski definition) is 1. The summed E-state index contributed by atoms with van der Waals surface area (Å²) >= 11 is 0. The lowest BCUT2D eigenvalue weighted by atomic mass is 9.97. The number of likely N-dealkylation sites (N-methyl/N-ethyl adjacent to an activating group) is 1. The van der Waals surface area contributed by atoms with Crippen molar-refractivity contribution in [2.75, 3.05) is 20.2 Å². The molecule has 4 heteroatoms. The van der Waals surface area contributed by atoms with E-state index in [9.17, 15) is 9.90 Å². The van der Waals surface area contributed by atoms with E-state index in [1.807, 2.05) is 31.3 Å². The molecule has 1 fully saturated rings. The predicted molar refractivity (Wildman–Crippen MR) is 91.6 cm³/mol. The maximum Gasteiger partial charge on any atom is 0.253 e. The lowest BCUT2D eigenvalue weighted by Gasteiger charge is -2.27. The Balaban J connectivity index is 1.95. The van der Waals surface area contributed by atoms with Gasteiger partial charge in [0, 0.05) is 25.8 Å². The zero-order valence-corrected chi connectivity index (χ0v) is 14.5. The second kappa shape index (κ2) is 7.93. The van der Waals surface area contributed by atoms with Crippen molar-refractivity contribution in [2.45, 2.75) is 57.7 Å². The first kappa shape index (κ1) is 18.0. The van der Waals surface area contributed by atoms with Gasteiger partial charge in [0.15, 0.2) is 0 Å². The largest absolute Gasteiger partial charge is 0.390 e. The van der Waals surface area contributed by atoms with Crippen LogP contribution in [0.4, 0.5) is 0 Å². The maximum atomic E-state index is 12.6. The standard InChI is InChI=1S/C19H29NO3/c1-19(2,22)11-10-15-7-6-8-16(13-15)18(21)20(3)14-17-9-4-5-12-23-17/h6-8,13,17,22H,4-5,9-12,14H2,1-3H3. The van der Waals surface area contributed by atoms with Gasteiger partial charge in [0.1, 0.15) is 0 Å². The molecule has 1 aromatic rings. The number of aryl methyl sites for hydroxylation is 1. The van der Waals surface area contributed by atoms with Crippen LogP contribution in [0.2, 0.25) is 0 Å². The zero-order valence-electron chi connectivity index (χ0n) is 14.5. The summed E-state index contributed by atoms with van der Waals surface area (Å²) in [6, 6.07) is 7.71. The van der Waals surface area contributed by atoms with Crippen LogP contribution in [0.15, 0.2) is 24.3 Å². The van der Waals surface area contributed by atoms with Crippen LogP contribution in [-0.2, 0) is 11.2 Å². The van der Waals surface area contributed by atoms with E-state index in [1.54, 1.807) is 18.7 Å². The summed E-state index contributed by atoms with van der Waals surface area (Å²) in [4.78, 5) is 14.3. The monoisotopic (exact) mass is 319 g/mol. The highest BCUT2D eigenvalue weighted by Gasteiger charge is 2.20. The van der Waals surface area contributed by atoms with Crippen molar-refractivity contribution < 1.29 is 14.6 Å². The molecule has 1 aliphatic heterocycles. The molecule has 1 N–H and O–H groups in total. The van der Waals surface area contributed by atoms with Crippen LogP contribution in [0, 0.1) is 0 Å². The van der Waals surface area contributed by atoms with Gasteiger partial charge in [-0.15, -0.1) is 0 Å². The summed E-state index contributed by atoms with van der Waals surface area (Å²) in [5, 5.41) is 9.84. The Labute approximate surface area is 139 Å². The summed E-state index contributed by atoms with van der Waals surface area (Å²) in [7, 11) is 1.84. The van der Waals surface area contributed by atoms with Crippen molar-refractivity contribution in [1.82, 2.24) is 4.90 Å². The van der Waals surface area contributed by atoms with Gasteiger partial charge in [0.2, 0.25) is 0 Å². The SMILES string of the molecule is CN(CC1CCCCO1)C(=O)c1cccc(CCC(C)(C)O)c1. The molecule has 0 spiro atoms. The van der Waals surface area contributed by atoms with Crippen LogP contribution in [0.1, 0.15) is 55.5 Å². The Hall–Kier alpha value is -1.39. The van der Waals surface area contributed by atoms with Gasteiger partial charge in [-0.1, -0.05) is 12.1 Å². The second-order valence-electron chi connectivity index (χ2n) is 7.19. The Morgan fingerprint density at radius 3 is 2.83 bits per heavy atom. The highest BCUT2D eigenvalue weighted by molar-refractivity contribution is 5.94. The number of carbonyl (C=O) groups is 1. The van der Waals surface area contributed by atoms with Gasteiger partial charge in [-0.05, 0) is 63.6 Å². The molecular formula is C19H29NO3. The normalized spacial score (nSPS) is 18.7. The van der Waals surface area contributed by atoms with Crippen LogP contribution in [-0.4, -0.2) is 47.8 Å². The highest BCUT2D eigenvalue weighted by atomic mass is 16.5. The van der Waals surface area contributed by atoms with Crippen LogP contribution >= 0.6 is 0 Å². The lowest BCUT2D eigenvalue weighted by Crippen LogP contribution is -2.37. The Morgan fingerprint density at radius 1 is 1.39 bits per heavy atom. The minimum Gasteiger partial charge on any atom is -0.390 e. The third-order valence-electron chi connectivity index (χ3n) is 4.30. The molecule has 0 radical (unpaired) electrons. The maximum absolute atomic E-state index is 12.6. The lowest BCUT2D eigenvalue weighted by molar-refractivity contribution is -0.000189. The molecule has 2 rings (SSSR count). The van der Waals surface area contributed by atoms with Gasteiger partial charge in [-0.2, -0.15) is 0 Å². The van der Waals surface area contributed by atoms with Crippen LogP contribution in [0.5, 0.6) is 0 Å². The molecular weight excluding hydrogens is 290 g/mol. The number of benzene rings is 1. The van der Waals surface area contributed by atoms with Crippen molar-refractivity contribution in [2.24, 2.45) is 0 Å². The van der Waals surface area contributed by atoms with Crippen molar-refractivity contribution in [3.05, 3.63) is 35.4 Å². The third kappa shape index (κ3) is 5.96. The second-order valence-corrected chi connectivity index (χ2v) is 7.19. The summed E-state index contributed by atoms with van der Waals surface area (Å²) in [5.74, 6) is 0.0317. The van der Waals surface area contributed by atoms with E-state index in [4.69, 9.17) is 4.74 Å². The Morgan fingerprint density at radius 2 is 2.17 bits per heavy atom. The first-order valence-electron chi connectivity index (χ1n) is 8.53. The third-order valence-corrected chi connectivity index (χ3v) is 4.30. The number of amides is 1. The molecule has 1 saturated heterocycles. The number of hydrogen-bond acceptors (Lipinski definition) is 3. The first-order chi connectivity index (χ1) is 10.8. The van der Waals surface area contributed by atoms with E-state index in [0.29, 0.717) is 18.5 Å². The van der Waals surface area contributed by atoms with Crippen molar-refractivity contribution in [3.8, 4) is 0 Å². The van der Waals surface area contributed by atoms with Crippen LogP contribution < -0.4 is 0 Å². The van der Waals surface area contributed by atoms with E-state index in [0.717, 1.165) is 31.4 Å². The van der Waals surface area contributed by atoms with Crippen LogP contribution in [0.3, 0.4) is 0 Å². The van der Waals surface area contributed by atoms with E-state index in [2.05, 4.69) is 0 Å². The number of nitrogens with zero attached hydrogens (tertiary/aromatic N) is 1. The van der Waals surface area contributed by atoms with E-state index in [-0.39, 0.29) is 12.0 Å². The summed E-state index contributed by atoms with van der Waals surface area (Å²) < 4.78 is 5.71. The minimum absolute atomic E-state index is 0.0317. The Bertz CT molecular complexity index is 516. The predicted octanol–water partition coefficient (Wildman–Crippen LogP) is 3.03. The van der Waals surface area contributed by atoms with Crippen molar-refractivity contribution in [1.29, 1.82) is 0 Å². The average Bonchev–Trinajstić information content (AvgIpc) is 2.53. The number of rotatable bonds is 6. The van der Waals surface area contributed by atoms with Crippen molar-refractivity contribution >= 4 is 5.91 Å². The van der Waals surface area contributed by atoms with Gasteiger partial charge in [0.25, 0.3) is 5.91 Å². The zero-order chi connectivity index (χ0) is 16.9. The fourth-order valence-electron chi connectivity index (χ4n) is 2.87. The fraction of sp³-hybridized carbons (Fsp3) is 0.632. The topological polar surface area (TPSA) is 49.8 Å². The number of aliphatic hydroxyl groups is 1. The van der Waals surface area contributed by atoms with Gasteiger partial charge in [-0.25, -0.2) is 0 Å². The molecule has 1 heterocycles. The summed E-state index contributed by atoms with van der Waals surface area (Å²) in [6.45, 7) is 5.06. The van der Waals surface area contributed by atoms with Gasteiger partial charge in [-0.3, -0.25) is 4.79 Å². The molecule has 1 atom stereocenters. The quantitative estimate of drug-likeness (QED) is 0.877. The first-order valence-corrected chi connectivity index (χ1v) is 8.53. The molecule has 4 nitrogen and oxygen atoms in total. The molecule has 23 heavy (non-hydrogen) atoms. The molecule has 0 aliphatic carbocycles. The molecule has 0 saturated carbocycles. The van der Waals surface area contributed by atoms with Gasteiger partial charge < -0.3 is 14.7 Å². The van der Waals surface area contributed by atoms with E-state index in [1.165, 1.54) is 6.42 Å². The Kier molecular flexibility index (Phi) is 6.19. The average molecular weight is 319 g/mol. The summed E-state index contributed by atoms with van der Waals surface area (Å²) in [5.41, 5.74) is 1.10. The summed E-state index contributed by atoms with van der Waals surface area (Å²) in [6.07, 6.45) is 4.94. The molecule has 0 bridgehead atoms. The molecule has 0 aromatic heterocycles. The smallest absolute Gasteiger partial charge is 0.253 e. The van der Waals surface area contributed by atoms with Gasteiger partial charge in [0.05, 0.1) is 11.7 Å². The number of carbonyl (C=O) groups excluding carboxylic acids is 1. The molecule has 1 unspecified atom stereocenters. The minimum atomic E-state index is -0.685. The molecule has 128 valence electrons. The number of ether oxygens (including phenoxy) is 1. The molecule has 1 aliphatic rings. The van der Waals surface area contributed by atoms with E-state index >= 15 is 0 Å². The van der Waals surface area contributed by atoms with E-state index < -0.39 is 5.60 Å². The fourth-order valence-corrected chi connectivity index (χ4v) is 2.87. The van der Waals surface area contributed by atoms with Gasteiger partial charge >= 0.3 is 0 Å². The van der Waals surface area contributed by atoms with Crippen molar-refractivity contribution in [3.63, 3.8) is 0 Å². The highest BCUT2D eigenvalue weighted by Crippen LogP contribution is 2.17. The van der Waals surface area contributed by atoms with Crippen LogP contribution in [0.25, 0.3) is 0 Å². The molecule has 1 amide bonds. The molecule has 1 aromatic carbocycles.